The molecule has 1 aliphatic rings. The second-order valence-electron chi connectivity index (χ2n) is 7.18. The largest absolute Gasteiger partial charge is 0.494 e. The van der Waals surface area contributed by atoms with Gasteiger partial charge in [-0.3, -0.25) is 4.79 Å². The predicted molar refractivity (Wildman–Crippen MR) is 111 cm³/mol. The van der Waals surface area contributed by atoms with E-state index in [9.17, 15) is 9.18 Å². The smallest absolute Gasteiger partial charge is 0.246 e. The number of nitrogens with two attached hydrogens (primary N) is 1. The summed E-state index contributed by atoms with van der Waals surface area (Å²) in [5.74, 6) is -0.582. The van der Waals surface area contributed by atoms with Gasteiger partial charge in [0, 0.05) is 29.4 Å². The Bertz CT molecular complexity index is 861. The second-order valence-corrected chi connectivity index (χ2v) is 8.04. The van der Waals surface area contributed by atoms with Crippen molar-refractivity contribution in [2.24, 2.45) is 11.1 Å². The molecule has 1 heterocycles. The van der Waals surface area contributed by atoms with Gasteiger partial charge in [-0.2, -0.15) is 0 Å². The topological polar surface area (TPSA) is 86.5 Å². The molecule has 1 saturated carbocycles. The van der Waals surface area contributed by atoms with Crippen LogP contribution in [0.3, 0.4) is 0 Å². The van der Waals surface area contributed by atoms with E-state index in [0.717, 1.165) is 0 Å². The highest BCUT2D eigenvalue weighted by Gasteiger charge is 2.63. The summed E-state index contributed by atoms with van der Waals surface area (Å²) in [6.07, 6.45) is 0.411. The number of ether oxygens (including phenoxy) is 2. The van der Waals surface area contributed by atoms with E-state index < -0.39 is 16.8 Å². The average molecular weight is 430 g/mol. The summed E-state index contributed by atoms with van der Waals surface area (Å²) in [4.78, 5) is 17.1. The van der Waals surface area contributed by atoms with E-state index >= 15 is 0 Å². The summed E-state index contributed by atoms with van der Waals surface area (Å²) >= 11 is 1.27. The maximum atomic E-state index is 13.9. The molecule has 2 unspecified atom stereocenters. The maximum Gasteiger partial charge on any atom is 0.246 e. The Morgan fingerprint density at radius 3 is 2.75 bits per heavy atom. The zero-order chi connectivity index (χ0) is 19.8. The van der Waals surface area contributed by atoms with Crippen molar-refractivity contribution in [1.82, 2.24) is 4.98 Å². The zero-order valence-electron chi connectivity index (χ0n) is 16.2. The molecule has 1 fully saturated rings. The Labute approximate surface area is 174 Å². The summed E-state index contributed by atoms with van der Waals surface area (Å²) in [5, 5.41) is 4.98. The van der Waals surface area contributed by atoms with Crippen LogP contribution in [0.4, 0.5) is 9.52 Å². The molecule has 28 heavy (non-hydrogen) atoms. The van der Waals surface area contributed by atoms with E-state index in [4.69, 9.17) is 15.2 Å². The summed E-state index contributed by atoms with van der Waals surface area (Å²) < 4.78 is 24.5. The number of hydrogen-bond acceptors (Lipinski definition) is 6. The van der Waals surface area contributed by atoms with Crippen LogP contribution in [0.5, 0.6) is 5.75 Å². The lowest BCUT2D eigenvalue weighted by Crippen LogP contribution is -2.74. The lowest BCUT2D eigenvalue weighted by molar-refractivity contribution is -0.166. The van der Waals surface area contributed by atoms with Gasteiger partial charge in [0.15, 0.2) is 16.7 Å². The van der Waals surface area contributed by atoms with Crippen molar-refractivity contribution in [1.29, 1.82) is 0 Å². The average Bonchev–Trinajstić information content (AvgIpc) is 3.09. The van der Waals surface area contributed by atoms with Gasteiger partial charge in [0.1, 0.15) is 5.54 Å². The van der Waals surface area contributed by atoms with Gasteiger partial charge >= 0.3 is 0 Å². The number of thiazole rings is 1. The minimum absolute atomic E-state index is 0. The van der Waals surface area contributed by atoms with Gasteiger partial charge in [0.25, 0.3) is 0 Å². The van der Waals surface area contributed by atoms with Crippen molar-refractivity contribution in [3.8, 4) is 17.0 Å². The number of nitrogens with zero attached hydrogens (tertiary/aromatic N) is 1. The lowest BCUT2D eigenvalue weighted by Gasteiger charge is -2.57. The molecule has 1 aliphatic carbocycles. The number of anilines is 1. The molecule has 0 spiro atoms. The molecule has 1 amide bonds. The van der Waals surface area contributed by atoms with Gasteiger partial charge < -0.3 is 20.5 Å². The standard InChI is InChI=1S/C19H24FN3O3S.ClH/c1-5-26-15-9-19(21,18(15,2)3)16(24)23-17-22-13(10-27-17)11-6-7-14(25-4)12(20)8-11;/h6-8,10,15H,5,9,21H2,1-4H3,(H,22,23,24);1H. The summed E-state index contributed by atoms with van der Waals surface area (Å²) in [6.45, 7) is 6.37. The van der Waals surface area contributed by atoms with E-state index in [1.165, 1.54) is 24.5 Å². The Kier molecular flexibility index (Phi) is 6.70. The SMILES string of the molecule is CCOC1CC(N)(C(=O)Nc2nc(-c3ccc(OC)c(F)c3)cs2)C1(C)C.Cl. The first-order valence-electron chi connectivity index (χ1n) is 8.74. The minimum atomic E-state index is -1.02. The molecular weight excluding hydrogens is 405 g/mol. The van der Waals surface area contributed by atoms with Crippen molar-refractivity contribution in [3.05, 3.63) is 29.4 Å². The van der Waals surface area contributed by atoms with Gasteiger partial charge in [0.05, 0.1) is 18.9 Å². The van der Waals surface area contributed by atoms with Crippen LogP contribution in [0.15, 0.2) is 23.6 Å². The van der Waals surface area contributed by atoms with Crippen LogP contribution in [0.1, 0.15) is 27.2 Å². The van der Waals surface area contributed by atoms with Crippen molar-refractivity contribution < 1.29 is 18.7 Å². The second kappa shape index (κ2) is 8.32. The molecule has 2 atom stereocenters. The molecule has 3 rings (SSSR count). The number of rotatable bonds is 6. The van der Waals surface area contributed by atoms with E-state index in [1.807, 2.05) is 20.8 Å². The molecule has 154 valence electrons. The van der Waals surface area contributed by atoms with Gasteiger partial charge in [0.2, 0.25) is 5.91 Å². The Morgan fingerprint density at radius 2 is 2.18 bits per heavy atom. The summed E-state index contributed by atoms with van der Waals surface area (Å²) in [7, 11) is 1.41. The lowest BCUT2D eigenvalue weighted by atomic mass is 9.54. The quantitative estimate of drug-likeness (QED) is 0.728. The normalized spacial score (nSPS) is 22.7. The first-order valence-corrected chi connectivity index (χ1v) is 9.62. The van der Waals surface area contributed by atoms with Crippen LogP contribution in [0.25, 0.3) is 11.3 Å². The highest BCUT2D eigenvalue weighted by atomic mass is 35.5. The van der Waals surface area contributed by atoms with Crippen LogP contribution in [-0.4, -0.2) is 36.3 Å². The number of carbonyl (C=O) groups is 1. The molecule has 6 nitrogen and oxygen atoms in total. The van der Waals surface area contributed by atoms with E-state index in [1.54, 1.807) is 17.5 Å². The van der Waals surface area contributed by atoms with Crippen LogP contribution in [0.2, 0.25) is 0 Å². The minimum Gasteiger partial charge on any atom is -0.494 e. The monoisotopic (exact) mass is 429 g/mol. The summed E-state index contributed by atoms with van der Waals surface area (Å²) in [5.41, 5.74) is 6.06. The Morgan fingerprint density at radius 1 is 1.46 bits per heavy atom. The van der Waals surface area contributed by atoms with Crippen molar-refractivity contribution in [3.63, 3.8) is 0 Å². The third-order valence-electron chi connectivity index (χ3n) is 5.41. The van der Waals surface area contributed by atoms with Crippen LogP contribution >= 0.6 is 23.7 Å². The molecule has 2 aromatic rings. The molecule has 0 bridgehead atoms. The molecule has 3 N–H and O–H groups in total. The number of benzene rings is 1. The highest BCUT2D eigenvalue weighted by molar-refractivity contribution is 7.14. The number of aromatic nitrogens is 1. The highest BCUT2D eigenvalue weighted by Crippen LogP contribution is 2.50. The number of halogens is 2. The first-order chi connectivity index (χ1) is 12.7. The van der Waals surface area contributed by atoms with Gasteiger partial charge in [-0.1, -0.05) is 13.8 Å². The van der Waals surface area contributed by atoms with Crippen molar-refractivity contribution >= 4 is 34.8 Å². The molecular formula is C19H25ClFN3O3S. The number of nitrogens with one attached hydrogen (secondary N) is 1. The van der Waals surface area contributed by atoms with E-state index in [2.05, 4.69) is 10.3 Å². The third-order valence-corrected chi connectivity index (χ3v) is 6.17. The molecule has 1 aromatic carbocycles. The molecule has 9 heteroatoms. The van der Waals surface area contributed by atoms with Crippen LogP contribution in [-0.2, 0) is 9.53 Å². The molecule has 0 saturated heterocycles. The fraction of sp³-hybridized carbons (Fsp3) is 0.474. The Balaban J connectivity index is 0.00000280. The van der Waals surface area contributed by atoms with Gasteiger partial charge in [-0.05, 0) is 25.1 Å². The first kappa shape index (κ1) is 22.5. The van der Waals surface area contributed by atoms with E-state index in [0.29, 0.717) is 29.4 Å². The maximum absolute atomic E-state index is 13.9. The number of carbonyl (C=O) groups excluding carboxylic acids is 1. The van der Waals surface area contributed by atoms with Crippen molar-refractivity contribution in [2.45, 2.75) is 38.8 Å². The fourth-order valence-electron chi connectivity index (χ4n) is 3.32. The molecule has 1 aromatic heterocycles. The third kappa shape index (κ3) is 3.74. The van der Waals surface area contributed by atoms with E-state index in [-0.39, 0.29) is 30.2 Å². The van der Waals surface area contributed by atoms with Crippen LogP contribution < -0.4 is 15.8 Å². The number of hydrogen-bond donors (Lipinski definition) is 2. The molecule has 0 radical (unpaired) electrons. The van der Waals surface area contributed by atoms with Crippen molar-refractivity contribution in [2.75, 3.05) is 19.0 Å². The number of methoxy groups -OCH3 is 1. The fourth-order valence-corrected chi connectivity index (χ4v) is 4.03. The summed E-state index contributed by atoms with van der Waals surface area (Å²) in [6, 6.07) is 4.61. The Hall–Kier alpha value is -1.74. The molecule has 0 aliphatic heterocycles. The zero-order valence-corrected chi connectivity index (χ0v) is 17.9. The number of amides is 1. The predicted octanol–water partition coefficient (Wildman–Crippen LogP) is 3.85. The van der Waals surface area contributed by atoms with Gasteiger partial charge in [-0.15, -0.1) is 23.7 Å². The van der Waals surface area contributed by atoms with Crippen LogP contribution in [0, 0.1) is 11.2 Å². The van der Waals surface area contributed by atoms with Gasteiger partial charge in [-0.25, -0.2) is 9.37 Å².